The average Bonchev–Trinajstić information content (AvgIpc) is 2.66. The monoisotopic (exact) mass is 308 g/mol. The molecule has 2 heterocycles. The molecular formula is C9H12N2O8S. The first-order valence-corrected chi connectivity index (χ1v) is 6.98. The van der Waals surface area contributed by atoms with Crippen molar-refractivity contribution in [3.05, 3.63) is 33.1 Å². The molecule has 0 saturated carbocycles. The van der Waals surface area contributed by atoms with E-state index >= 15 is 0 Å². The molecule has 10 nitrogen and oxygen atoms in total. The summed E-state index contributed by atoms with van der Waals surface area (Å²) in [4.78, 5) is 24.4. The molecule has 0 unspecified atom stereocenters. The Bertz CT molecular complexity index is 707. The zero-order valence-corrected chi connectivity index (χ0v) is 10.7. The number of H-pyrrole nitrogens is 1. The van der Waals surface area contributed by atoms with Crippen LogP contribution in [0.1, 0.15) is 6.23 Å². The van der Waals surface area contributed by atoms with E-state index in [-0.39, 0.29) is 0 Å². The summed E-state index contributed by atoms with van der Waals surface area (Å²) >= 11 is 0. The maximum atomic E-state index is 11.6. The Labute approximate surface area is 112 Å². The summed E-state index contributed by atoms with van der Waals surface area (Å²) in [6, 6.07) is 0.978. The molecule has 1 aliphatic rings. The number of aliphatic hydroxyl groups excluding tert-OH is 2. The number of aromatic amines is 1. The lowest BCUT2D eigenvalue weighted by Crippen LogP contribution is -2.41. The van der Waals surface area contributed by atoms with E-state index in [9.17, 15) is 23.1 Å². The van der Waals surface area contributed by atoms with Crippen molar-refractivity contribution in [1.82, 2.24) is 9.55 Å². The van der Waals surface area contributed by atoms with E-state index in [1.165, 1.54) is 0 Å². The molecule has 0 bridgehead atoms. The summed E-state index contributed by atoms with van der Waals surface area (Å²) in [5.74, 6) is 0. The van der Waals surface area contributed by atoms with Crippen LogP contribution in [0.2, 0.25) is 0 Å². The van der Waals surface area contributed by atoms with E-state index in [0.717, 1.165) is 16.8 Å². The Morgan fingerprint density at radius 2 is 2.05 bits per heavy atom. The second kappa shape index (κ2) is 5.10. The standard InChI is InChI=1S/C9H12N2O8S/c12-3-4-7(20(16,17)18)6(14)8(19-4)11-2-1-5(13)10-9(11)15/h1-2,4,6-8,12,14H,3H2,(H,10,13,15)(H,16,17,18)/t4-,6+,7-,8-/m1/s1. The molecule has 1 aliphatic heterocycles. The van der Waals surface area contributed by atoms with E-state index in [2.05, 4.69) is 0 Å². The highest BCUT2D eigenvalue weighted by molar-refractivity contribution is 7.86. The summed E-state index contributed by atoms with van der Waals surface area (Å²) < 4.78 is 37.3. The molecule has 4 N–H and O–H groups in total. The molecule has 0 aromatic carbocycles. The van der Waals surface area contributed by atoms with Crippen LogP contribution >= 0.6 is 0 Å². The van der Waals surface area contributed by atoms with Crippen LogP contribution in [0, 0.1) is 0 Å². The highest BCUT2D eigenvalue weighted by atomic mass is 32.2. The lowest BCUT2D eigenvalue weighted by molar-refractivity contribution is -0.0530. The van der Waals surface area contributed by atoms with Gasteiger partial charge < -0.3 is 14.9 Å². The van der Waals surface area contributed by atoms with Gasteiger partial charge in [-0.2, -0.15) is 8.42 Å². The van der Waals surface area contributed by atoms with Gasteiger partial charge in [-0.1, -0.05) is 0 Å². The van der Waals surface area contributed by atoms with Crippen LogP contribution in [-0.2, 0) is 14.9 Å². The van der Waals surface area contributed by atoms with E-state index in [1.54, 1.807) is 0 Å². The minimum absolute atomic E-state index is 0.677. The van der Waals surface area contributed by atoms with Gasteiger partial charge in [-0.15, -0.1) is 0 Å². The highest BCUT2D eigenvalue weighted by Crippen LogP contribution is 2.31. The second-order valence-electron chi connectivity index (χ2n) is 4.24. The molecule has 20 heavy (non-hydrogen) atoms. The molecule has 1 saturated heterocycles. The van der Waals surface area contributed by atoms with Crippen molar-refractivity contribution < 1.29 is 27.9 Å². The van der Waals surface area contributed by atoms with Crippen LogP contribution in [0.4, 0.5) is 0 Å². The predicted molar refractivity (Wildman–Crippen MR) is 63.7 cm³/mol. The Hall–Kier alpha value is -1.53. The maximum Gasteiger partial charge on any atom is 0.330 e. The number of nitrogens with one attached hydrogen (secondary N) is 1. The van der Waals surface area contributed by atoms with Gasteiger partial charge in [0.05, 0.1) is 6.61 Å². The molecule has 1 aromatic rings. The molecule has 0 spiro atoms. The van der Waals surface area contributed by atoms with E-state index in [0.29, 0.717) is 0 Å². The van der Waals surface area contributed by atoms with Crippen LogP contribution in [-0.4, -0.2) is 56.8 Å². The third-order valence-corrected chi connectivity index (χ3v) is 4.23. The van der Waals surface area contributed by atoms with Gasteiger partial charge >= 0.3 is 5.69 Å². The number of aromatic nitrogens is 2. The smallest absolute Gasteiger partial charge is 0.330 e. The van der Waals surface area contributed by atoms with Gasteiger partial charge in [0.2, 0.25) is 0 Å². The number of hydrogen-bond donors (Lipinski definition) is 4. The number of aliphatic hydroxyl groups is 2. The second-order valence-corrected chi connectivity index (χ2v) is 5.81. The van der Waals surface area contributed by atoms with E-state index in [4.69, 9.17) is 14.4 Å². The molecule has 1 aromatic heterocycles. The Morgan fingerprint density at radius 3 is 2.50 bits per heavy atom. The number of rotatable bonds is 3. The number of ether oxygens (including phenoxy) is 1. The first kappa shape index (κ1) is 14.9. The van der Waals surface area contributed by atoms with Crippen molar-refractivity contribution in [2.75, 3.05) is 6.61 Å². The molecule has 0 aliphatic carbocycles. The van der Waals surface area contributed by atoms with Gasteiger partial charge in [-0.25, -0.2) is 4.79 Å². The third-order valence-electron chi connectivity index (χ3n) is 2.96. The molecule has 11 heteroatoms. The molecule has 112 valence electrons. The minimum atomic E-state index is -4.70. The third kappa shape index (κ3) is 2.53. The molecule has 4 atom stereocenters. The average molecular weight is 308 g/mol. The van der Waals surface area contributed by atoms with Crippen molar-refractivity contribution in [2.45, 2.75) is 23.7 Å². The van der Waals surface area contributed by atoms with Gasteiger partial charge in [0.1, 0.15) is 17.5 Å². The topological polar surface area (TPSA) is 159 Å². The summed E-state index contributed by atoms with van der Waals surface area (Å²) in [5, 5.41) is 17.1. The van der Waals surface area contributed by atoms with E-state index < -0.39 is 51.7 Å². The first-order valence-electron chi connectivity index (χ1n) is 5.48. The number of nitrogens with zero attached hydrogens (tertiary/aromatic N) is 1. The molecular weight excluding hydrogens is 296 g/mol. The lowest BCUT2D eigenvalue weighted by atomic mass is 10.2. The van der Waals surface area contributed by atoms with Crippen LogP contribution in [0.15, 0.2) is 21.9 Å². The highest BCUT2D eigenvalue weighted by Gasteiger charge is 2.51. The van der Waals surface area contributed by atoms with Crippen molar-refractivity contribution in [3.8, 4) is 0 Å². The van der Waals surface area contributed by atoms with Crippen LogP contribution in [0.25, 0.3) is 0 Å². The molecule has 1 fully saturated rings. The maximum absolute atomic E-state index is 11.6. The van der Waals surface area contributed by atoms with Gasteiger partial charge in [0.25, 0.3) is 15.7 Å². The largest absolute Gasteiger partial charge is 0.394 e. The van der Waals surface area contributed by atoms with E-state index in [1.807, 2.05) is 4.98 Å². The van der Waals surface area contributed by atoms with Gasteiger partial charge in [-0.05, 0) is 0 Å². The zero-order valence-electron chi connectivity index (χ0n) is 9.91. The number of hydrogen-bond acceptors (Lipinski definition) is 7. The fourth-order valence-electron chi connectivity index (χ4n) is 2.09. The van der Waals surface area contributed by atoms with Crippen molar-refractivity contribution in [3.63, 3.8) is 0 Å². The van der Waals surface area contributed by atoms with Crippen molar-refractivity contribution >= 4 is 10.1 Å². The van der Waals surface area contributed by atoms with Crippen molar-refractivity contribution in [1.29, 1.82) is 0 Å². The fourth-order valence-corrected chi connectivity index (χ4v) is 3.11. The summed E-state index contributed by atoms with van der Waals surface area (Å²) in [7, 11) is -4.70. The van der Waals surface area contributed by atoms with Crippen molar-refractivity contribution in [2.24, 2.45) is 0 Å². The predicted octanol–water partition coefficient (Wildman–Crippen LogP) is -2.96. The SMILES string of the molecule is O=c1ccn([C@@H]2O[C@H](CO)[C@@H](S(=O)(=O)O)[C@@H]2O)c(=O)[nH]1. The molecule has 2 rings (SSSR count). The first-order chi connectivity index (χ1) is 9.25. The Balaban J connectivity index is 2.45. The van der Waals surface area contributed by atoms with Gasteiger partial charge in [-0.3, -0.25) is 18.9 Å². The van der Waals surface area contributed by atoms with Gasteiger partial charge in [0.15, 0.2) is 6.23 Å². The van der Waals surface area contributed by atoms with Gasteiger partial charge in [0, 0.05) is 12.3 Å². The zero-order chi connectivity index (χ0) is 15.1. The summed E-state index contributed by atoms with van der Waals surface area (Å²) in [6.45, 7) is -0.782. The fraction of sp³-hybridized carbons (Fsp3) is 0.556. The quantitative estimate of drug-likeness (QED) is 0.431. The molecule has 0 amide bonds. The van der Waals surface area contributed by atoms with Crippen LogP contribution in [0.3, 0.4) is 0 Å². The van der Waals surface area contributed by atoms with Crippen LogP contribution in [0.5, 0.6) is 0 Å². The van der Waals surface area contributed by atoms with Crippen LogP contribution < -0.4 is 11.2 Å². The normalized spacial score (nSPS) is 30.6. The minimum Gasteiger partial charge on any atom is -0.394 e. The Morgan fingerprint density at radius 1 is 1.40 bits per heavy atom. The Kier molecular flexibility index (Phi) is 3.80. The summed E-state index contributed by atoms with van der Waals surface area (Å²) in [6.07, 6.45) is -3.63. The lowest BCUT2D eigenvalue weighted by Gasteiger charge is -2.17. The molecule has 0 radical (unpaired) electrons. The summed E-state index contributed by atoms with van der Waals surface area (Å²) in [5.41, 5.74) is -1.60.